The number of hydrogen-bond acceptors (Lipinski definition) is 6. The van der Waals surface area contributed by atoms with Gasteiger partial charge in [0.2, 0.25) is 11.6 Å². The molecular weight excluding hydrogens is 332 g/mol. The van der Waals surface area contributed by atoms with Gasteiger partial charge in [0.15, 0.2) is 0 Å². The summed E-state index contributed by atoms with van der Waals surface area (Å²) in [4.78, 5) is 20.1. The molecule has 2 saturated heterocycles. The number of rotatable bonds is 5. The van der Waals surface area contributed by atoms with E-state index in [4.69, 9.17) is 14.9 Å². The molecule has 0 unspecified atom stereocenters. The second kappa shape index (κ2) is 5.28. The van der Waals surface area contributed by atoms with Crippen molar-refractivity contribution in [3.8, 4) is 11.3 Å². The van der Waals surface area contributed by atoms with Gasteiger partial charge >= 0.3 is 0 Å². The molecular formula is C19H18N4O3. The Balaban J connectivity index is 1.39. The predicted octanol–water partition coefficient (Wildman–Crippen LogP) is 2.34. The van der Waals surface area contributed by atoms with Gasteiger partial charge < -0.3 is 20.2 Å². The van der Waals surface area contributed by atoms with Crippen molar-refractivity contribution in [2.75, 3.05) is 18.5 Å². The van der Waals surface area contributed by atoms with Crippen molar-refractivity contribution in [3.05, 3.63) is 42.7 Å². The number of hydrogen-bond donors (Lipinski definition) is 2. The van der Waals surface area contributed by atoms with E-state index in [0.717, 1.165) is 16.7 Å². The Hall–Kier alpha value is -2.93. The van der Waals surface area contributed by atoms with Gasteiger partial charge in [0.1, 0.15) is 17.9 Å². The number of ether oxygens (including phenoxy) is 1. The van der Waals surface area contributed by atoms with Crippen LogP contribution in [0, 0.1) is 5.41 Å². The number of anilines is 1. The number of carbonyl (C=O) groups excluding carboxylic acids is 1. The number of carbonyl (C=O) groups is 1. The largest absolute Gasteiger partial charge is 0.438 e. The second-order valence-electron chi connectivity index (χ2n) is 7.24. The van der Waals surface area contributed by atoms with Crippen molar-refractivity contribution in [3.63, 3.8) is 0 Å². The van der Waals surface area contributed by atoms with E-state index in [1.807, 2.05) is 36.4 Å². The molecule has 6 rings (SSSR count). The van der Waals surface area contributed by atoms with Crippen molar-refractivity contribution < 1.29 is 13.9 Å². The van der Waals surface area contributed by atoms with Gasteiger partial charge in [-0.1, -0.05) is 30.3 Å². The fourth-order valence-electron chi connectivity index (χ4n) is 4.08. The summed E-state index contributed by atoms with van der Waals surface area (Å²) < 4.78 is 11.7. The van der Waals surface area contributed by atoms with Gasteiger partial charge in [0.05, 0.1) is 23.0 Å². The number of amides is 1. The summed E-state index contributed by atoms with van der Waals surface area (Å²) in [7, 11) is 0. The maximum Gasteiger partial charge on any atom is 0.231 e. The van der Waals surface area contributed by atoms with E-state index in [1.165, 1.54) is 6.33 Å². The zero-order chi connectivity index (χ0) is 17.8. The molecule has 2 aromatic heterocycles. The van der Waals surface area contributed by atoms with Crippen LogP contribution in [0.4, 0.5) is 5.82 Å². The highest BCUT2D eigenvalue weighted by Crippen LogP contribution is 2.57. The predicted molar refractivity (Wildman–Crippen MR) is 95.3 cm³/mol. The first-order chi connectivity index (χ1) is 12.6. The summed E-state index contributed by atoms with van der Waals surface area (Å²) in [6.07, 6.45) is 2.80. The van der Waals surface area contributed by atoms with Gasteiger partial charge in [0.25, 0.3) is 0 Å². The van der Waals surface area contributed by atoms with Crippen LogP contribution >= 0.6 is 0 Å². The molecule has 26 heavy (non-hydrogen) atoms. The van der Waals surface area contributed by atoms with Crippen LogP contribution in [0.2, 0.25) is 0 Å². The van der Waals surface area contributed by atoms with E-state index in [1.54, 1.807) is 0 Å². The Morgan fingerprint density at radius 2 is 2.04 bits per heavy atom. The normalized spacial score (nSPS) is 26.6. The molecule has 7 nitrogen and oxygen atoms in total. The molecule has 0 atom stereocenters. The molecule has 0 spiro atoms. The van der Waals surface area contributed by atoms with E-state index in [2.05, 4.69) is 15.3 Å². The minimum atomic E-state index is -0.473. The van der Waals surface area contributed by atoms with E-state index >= 15 is 0 Å². The molecule has 0 radical (unpaired) electrons. The first-order valence-electron chi connectivity index (χ1n) is 8.57. The van der Waals surface area contributed by atoms with Gasteiger partial charge in [-0.15, -0.1) is 0 Å². The summed E-state index contributed by atoms with van der Waals surface area (Å²) in [6, 6.07) is 11.8. The molecule has 3 aliphatic rings. The summed E-state index contributed by atoms with van der Waals surface area (Å²) in [5.74, 6) is 1.18. The highest BCUT2D eigenvalue weighted by molar-refractivity contribution is 5.89. The van der Waals surface area contributed by atoms with Crippen LogP contribution in [0.15, 0.2) is 47.1 Å². The van der Waals surface area contributed by atoms with Gasteiger partial charge in [-0.25, -0.2) is 9.97 Å². The molecule has 7 heteroatoms. The number of primary amides is 1. The molecule has 4 heterocycles. The van der Waals surface area contributed by atoms with E-state index in [9.17, 15) is 4.79 Å². The number of nitrogens with one attached hydrogen (secondary N) is 1. The molecule has 3 fully saturated rings. The van der Waals surface area contributed by atoms with Gasteiger partial charge in [0, 0.05) is 12.1 Å². The topological polar surface area (TPSA) is 103 Å². The van der Waals surface area contributed by atoms with Crippen molar-refractivity contribution in [1.29, 1.82) is 0 Å². The molecule has 2 aliphatic heterocycles. The smallest absolute Gasteiger partial charge is 0.231 e. The first kappa shape index (κ1) is 15.3. The van der Waals surface area contributed by atoms with Crippen molar-refractivity contribution in [2.45, 2.75) is 18.4 Å². The highest BCUT2D eigenvalue weighted by atomic mass is 16.5. The number of nitrogens with two attached hydrogens (primary N) is 1. The summed E-state index contributed by atoms with van der Waals surface area (Å²) >= 11 is 0. The summed E-state index contributed by atoms with van der Waals surface area (Å²) in [5.41, 5.74) is 6.21. The zero-order valence-electron chi connectivity index (χ0n) is 14.1. The fraction of sp³-hybridized carbons (Fsp3) is 0.316. The maximum absolute atomic E-state index is 11.6. The minimum Gasteiger partial charge on any atom is -0.438 e. The lowest BCUT2D eigenvalue weighted by Gasteiger charge is -2.42. The molecule has 1 saturated carbocycles. The number of furan rings is 1. The molecule has 2 bridgehead atoms. The van der Waals surface area contributed by atoms with Gasteiger partial charge in [-0.05, 0) is 18.9 Å². The van der Waals surface area contributed by atoms with Crippen LogP contribution in [0.3, 0.4) is 0 Å². The quantitative estimate of drug-likeness (QED) is 0.732. The Bertz CT molecular complexity index is 992. The number of benzene rings is 1. The van der Waals surface area contributed by atoms with Crippen LogP contribution in [-0.4, -0.2) is 34.6 Å². The van der Waals surface area contributed by atoms with Crippen LogP contribution in [0.25, 0.3) is 22.4 Å². The molecule has 3 N–H and O–H groups in total. The Labute approximate surface area is 149 Å². The first-order valence-corrected chi connectivity index (χ1v) is 8.57. The average molecular weight is 350 g/mol. The molecule has 1 aromatic carbocycles. The van der Waals surface area contributed by atoms with Gasteiger partial charge in [-0.3, -0.25) is 4.79 Å². The summed E-state index contributed by atoms with van der Waals surface area (Å²) in [6.45, 7) is 0.979. The monoisotopic (exact) mass is 350 g/mol. The Morgan fingerprint density at radius 1 is 1.23 bits per heavy atom. The lowest BCUT2D eigenvalue weighted by Crippen LogP contribution is -2.54. The second-order valence-corrected chi connectivity index (χ2v) is 7.24. The van der Waals surface area contributed by atoms with Crippen LogP contribution < -0.4 is 11.1 Å². The van der Waals surface area contributed by atoms with Crippen LogP contribution in [0.5, 0.6) is 0 Å². The number of fused-ring (bicyclic) bond motifs is 2. The Kier molecular flexibility index (Phi) is 3.12. The third-order valence-electron chi connectivity index (χ3n) is 5.46. The Morgan fingerprint density at radius 3 is 2.77 bits per heavy atom. The van der Waals surface area contributed by atoms with Gasteiger partial charge in [-0.2, -0.15) is 0 Å². The standard InChI is InChI=1S/C19H18N4O3/c20-17(24)18-7-19(8-18,25-10-18)9-21-15-13-6-14(12-4-2-1-3-5-12)26-16(13)23-11-22-15/h1-6,11H,7-10H2,(H2,20,24)(H,21,22,23). The molecule has 1 aliphatic carbocycles. The molecule has 1 amide bonds. The lowest BCUT2D eigenvalue weighted by molar-refractivity contribution is -0.131. The van der Waals surface area contributed by atoms with Crippen LogP contribution in [0.1, 0.15) is 12.8 Å². The third kappa shape index (κ3) is 2.20. The maximum atomic E-state index is 11.6. The van der Waals surface area contributed by atoms with E-state index in [0.29, 0.717) is 37.5 Å². The van der Waals surface area contributed by atoms with Crippen molar-refractivity contribution >= 4 is 22.8 Å². The number of aromatic nitrogens is 2. The SMILES string of the molecule is NC(=O)C12COC(CNc3ncnc4oc(-c5ccccc5)cc34)(C1)C2. The van der Waals surface area contributed by atoms with E-state index in [-0.39, 0.29) is 11.5 Å². The van der Waals surface area contributed by atoms with Crippen LogP contribution in [-0.2, 0) is 9.53 Å². The highest BCUT2D eigenvalue weighted by Gasteiger charge is 2.65. The average Bonchev–Trinajstić information content (AvgIpc) is 3.32. The van der Waals surface area contributed by atoms with E-state index < -0.39 is 5.41 Å². The summed E-state index contributed by atoms with van der Waals surface area (Å²) in [5, 5.41) is 4.16. The minimum absolute atomic E-state index is 0.266. The van der Waals surface area contributed by atoms with Crippen molar-refractivity contribution in [1.82, 2.24) is 9.97 Å². The number of nitrogens with zero attached hydrogens (tertiary/aromatic N) is 2. The molecule has 3 aromatic rings. The lowest BCUT2D eigenvalue weighted by atomic mass is 9.62. The zero-order valence-corrected chi connectivity index (χ0v) is 14.1. The third-order valence-corrected chi connectivity index (χ3v) is 5.46. The molecule has 132 valence electrons. The van der Waals surface area contributed by atoms with Crippen molar-refractivity contribution in [2.24, 2.45) is 11.1 Å². The fourth-order valence-corrected chi connectivity index (χ4v) is 4.08.